The van der Waals surface area contributed by atoms with E-state index < -0.39 is 0 Å². The Balaban J connectivity index is 1.33. The Morgan fingerprint density at radius 2 is 1.05 bits per heavy atom. The normalized spacial score (nSPS) is 15.4. The third kappa shape index (κ3) is 5.24. The van der Waals surface area contributed by atoms with Crippen molar-refractivity contribution in [3.05, 3.63) is 70.2 Å². The molecule has 0 atom stereocenters. The van der Waals surface area contributed by atoms with Crippen molar-refractivity contribution in [2.75, 3.05) is 50.9 Å². The maximum Gasteiger partial charge on any atom is 0.149 e. The molecule has 0 amide bonds. The first kappa shape index (κ1) is 26.9. The second-order valence-electron chi connectivity index (χ2n) is 10.2. The Bertz CT molecular complexity index is 1420. The summed E-state index contributed by atoms with van der Waals surface area (Å²) in [7, 11) is 3.74. The Morgan fingerprint density at radius 1 is 0.650 bits per heavy atom. The largest absolute Gasteiger partial charge is 0.372 e. The highest BCUT2D eigenvalue weighted by Crippen LogP contribution is 2.42. The summed E-state index contributed by atoms with van der Waals surface area (Å²) in [5.74, 6) is 1.53. The molecule has 4 heterocycles. The molecule has 2 fully saturated rings. The molecule has 2 aliphatic heterocycles. The van der Waals surface area contributed by atoms with Gasteiger partial charge >= 0.3 is 0 Å². The highest BCUT2D eigenvalue weighted by molar-refractivity contribution is 6.39. The van der Waals surface area contributed by atoms with E-state index in [-0.39, 0.29) is 0 Å². The third-order valence-corrected chi connectivity index (χ3v) is 8.47. The molecule has 40 heavy (non-hydrogen) atoms. The van der Waals surface area contributed by atoms with Crippen LogP contribution in [0.3, 0.4) is 0 Å². The highest BCUT2D eigenvalue weighted by atomic mass is 35.5. The number of rotatable bonds is 9. The van der Waals surface area contributed by atoms with E-state index in [1.165, 1.54) is 12.8 Å². The van der Waals surface area contributed by atoms with E-state index in [0.29, 0.717) is 21.4 Å². The molecule has 0 aliphatic carbocycles. The maximum absolute atomic E-state index is 7.04. The minimum Gasteiger partial charge on any atom is -0.372 e. The minimum absolute atomic E-state index is 0.570. The molecule has 0 radical (unpaired) electrons. The SMILES string of the molecule is CNc1nc(-c2cccc(-c3cccc(-c4cnc(CN5CCC5)c(NC)n4)c3Cl)c2Cl)cnc1CN1CCC1. The molecule has 4 aromatic rings. The lowest BCUT2D eigenvalue weighted by Crippen LogP contribution is -2.36. The number of likely N-dealkylation sites (tertiary alicyclic amines) is 2. The van der Waals surface area contributed by atoms with E-state index in [0.717, 1.165) is 84.5 Å². The fraction of sp³-hybridized carbons (Fsp3) is 0.333. The zero-order valence-corrected chi connectivity index (χ0v) is 24.2. The molecule has 0 saturated carbocycles. The molecule has 2 saturated heterocycles. The van der Waals surface area contributed by atoms with Gasteiger partial charge < -0.3 is 10.6 Å². The first-order chi connectivity index (χ1) is 19.6. The lowest BCUT2D eigenvalue weighted by molar-refractivity contribution is 0.170. The lowest BCUT2D eigenvalue weighted by Gasteiger charge is -2.30. The van der Waals surface area contributed by atoms with Crippen LogP contribution in [-0.4, -0.2) is 70.0 Å². The van der Waals surface area contributed by atoms with Crippen LogP contribution in [0.15, 0.2) is 48.8 Å². The Morgan fingerprint density at radius 3 is 1.40 bits per heavy atom. The van der Waals surface area contributed by atoms with Gasteiger partial charge in [-0.2, -0.15) is 0 Å². The van der Waals surface area contributed by atoms with Crippen molar-refractivity contribution in [1.82, 2.24) is 29.7 Å². The van der Waals surface area contributed by atoms with Crippen LogP contribution in [-0.2, 0) is 13.1 Å². The van der Waals surface area contributed by atoms with Gasteiger partial charge in [0.2, 0.25) is 0 Å². The summed E-state index contributed by atoms with van der Waals surface area (Å²) in [5.41, 5.74) is 6.52. The van der Waals surface area contributed by atoms with Crippen molar-refractivity contribution >= 4 is 34.8 Å². The van der Waals surface area contributed by atoms with Gasteiger partial charge in [0.25, 0.3) is 0 Å². The number of nitrogens with one attached hydrogen (secondary N) is 2. The summed E-state index contributed by atoms with van der Waals surface area (Å²) < 4.78 is 0. The first-order valence-corrected chi connectivity index (χ1v) is 14.4. The molecule has 2 aromatic carbocycles. The number of hydrogen-bond donors (Lipinski definition) is 2. The van der Waals surface area contributed by atoms with Gasteiger partial charge in [0, 0.05) is 49.4 Å². The standard InChI is InChI=1S/C30H32Cl2N8/c1-33-29-25(17-39-11-5-12-39)35-15-23(37-29)21-9-3-7-19(27(21)31)20-8-4-10-22(28(20)32)24-16-36-26(30(34-2)38-24)18-40-13-6-14-40/h3-4,7-10,15-16H,5-6,11-14,17-18H2,1-2H3,(H,33,37)(H,34,38). The Hall–Kier alpha value is -3.30. The van der Waals surface area contributed by atoms with Crippen LogP contribution >= 0.6 is 23.2 Å². The molecular weight excluding hydrogens is 543 g/mol. The summed E-state index contributed by atoms with van der Waals surface area (Å²) >= 11 is 14.1. The second kappa shape index (κ2) is 11.7. The van der Waals surface area contributed by atoms with E-state index in [1.807, 2.05) is 50.5 Å². The quantitative estimate of drug-likeness (QED) is 0.249. The average molecular weight is 576 g/mol. The van der Waals surface area contributed by atoms with Crippen molar-refractivity contribution in [3.8, 4) is 33.6 Å². The van der Waals surface area contributed by atoms with Crippen LogP contribution in [0, 0.1) is 0 Å². The van der Waals surface area contributed by atoms with E-state index in [4.69, 9.17) is 43.1 Å². The van der Waals surface area contributed by atoms with Gasteiger partial charge in [-0.15, -0.1) is 0 Å². The second-order valence-corrected chi connectivity index (χ2v) is 11.0. The van der Waals surface area contributed by atoms with Gasteiger partial charge in [-0.1, -0.05) is 59.6 Å². The van der Waals surface area contributed by atoms with Crippen molar-refractivity contribution in [2.45, 2.75) is 25.9 Å². The van der Waals surface area contributed by atoms with Gasteiger partial charge in [-0.3, -0.25) is 19.8 Å². The average Bonchev–Trinajstić information content (AvgIpc) is 2.93. The van der Waals surface area contributed by atoms with E-state index in [1.54, 1.807) is 12.4 Å². The Kier molecular flexibility index (Phi) is 7.85. The van der Waals surface area contributed by atoms with Crippen LogP contribution in [0.4, 0.5) is 11.6 Å². The summed E-state index contributed by atoms with van der Waals surface area (Å²) in [5, 5.41) is 7.55. The highest BCUT2D eigenvalue weighted by Gasteiger charge is 2.21. The zero-order chi connectivity index (χ0) is 27.6. The van der Waals surface area contributed by atoms with Crippen molar-refractivity contribution in [2.24, 2.45) is 0 Å². The third-order valence-electron chi connectivity index (χ3n) is 7.65. The van der Waals surface area contributed by atoms with E-state index in [9.17, 15) is 0 Å². The number of halogens is 2. The van der Waals surface area contributed by atoms with E-state index >= 15 is 0 Å². The molecule has 6 rings (SSSR count). The summed E-state index contributed by atoms with van der Waals surface area (Å²) in [6.45, 7) is 5.99. The number of anilines is 2. The fourth-order valence-electron chi connectivity index (χ4n) is 5.10. The number of aromatic nitrogens is 4. The fourth-order valence-corrected chi connectivity index (χ4v) is 5.75. The molecule has 8 nitrogen and oxygen atoms in total. The summed E-state index contributed by atoms with van der Waals surface area (Å²) in [6, 6.07) is 11.8. The van der Waals surface area contributed by atoms with Gasteiger partial charge in [0.1, 0.15) is 11.6 Å². The van der Waals surface area contributed by atoms with Gasteiger partial charge in [-0.05, 0) is 39.0 Å². The number of hydrogen-bond acceptors (Lipinski definition) is 8. The summed E-state index contributed by atoms with van der Waals surface area (Å²) in [6.07, 6.45) is 6.07. The molecule has 0 spiro atoms. The van der Waals surface area contributed by atoms with Crippen LogP contribution in [0.5, 0.6) is 0 Å². The molecule has 0 bridgehead atoms. The van der Waals surface area contributed by atoms with Gasteiger partial charge in [-0.25, -0.2) is 9.97 Å². The molecule has 0 unspecified atom stereocenters. The lowest BCUT2D eigenvalue weighted by atomic mass is 9.98. The predicted octanol–water partition coefficient (Wildman–Crippen LogP) is 6.07. The van der Waals surface area contributed by atoms with Gasteiger partial charge in [0.15, 0.2) is 0 Å². The molecule has 10 heteroatoms. The summed E-state index contributed by atoms with van der Waals surface area (Å²) in [4.78, 5) is 23.9. The van der Waals surface area contributed by atoms with Crippen LogP contribution < -0.4 is 10.6 Å². The van der Waals surface area contributed by atoms with Crippen molar-refractivity contribution in [3.63, 3.8) is 0 Å². The maximum atomic E-state index is 7.04. The van der Waals surface area contributed by atoms with Crippen LogP contribution in [0.25, 0.3) is 33.6 Å². The predicted molar refractivity (Wildman–Crippen MR) is 163 cm³/mol. The van der Waals surface area contributed by atoms with E-state index in [2.05, 4.69) is 20.4 Å². The zero-order valence-electron chi connectivity index (χ0n) is 22.7. The van der Waals surface area contributed by atoms with Crippen molar-refractivity contribution in [1.29, 1.82) is 0 Å². The molecule has 2 aromatic heterocycles. The van der Waals surface area contributed by atoms with Crippen molar-refractivity contribution < 1.29 is 0 Å². The topological polar surface area (TPSA) is 82.1 Å². The van der Waals surface area contributed by atoms with Crippen LogP contribution in [0.1, 0.15) is 24.2 Å². The number of benzene rings is 2. The Labute approximate surface area is 244 Å². The monoisotopic (exact) mass is 574 g/mol. The molecule has 206 valence electrons. The number of nitrogens with zero attached hydrogens (tertiary/aromatic N) is 6. The molecule has 2 N–H and O–H groups in total. The minimum atomic E-state index is 0.570. The molecular formula is C30H32Cl2N8. The molecule has 2 aliphatic rings. The first-order valence-electron chi connectivity index (χ1n) is 13.7. The van der Waals surface area contributed by atoms with Gasteiger partial charge in [0.05, 0.1) is 45.2 Å². The van der Waals surface area contributed by atoms with Crippen LogP contribution in [0.2, 0.25) is 10.0 Å². The smallest absolute Gasteiger partial charge is 0.149 e.